The number of hydrogen-bond acceptors (Lipinski definition) is 4. The highest BCUT2D eigenvalue weighted by Crippen LogP contribution is 2.19. The number of carboxylic acid groups (broad SMARTS) is 1. The van der Waals surface area contributed by atoms with Crippen LogP contribution in [0, 0.1) is 6.92 Å². The molecular weight excluding hydrogens is 230 g/mol. The summed E-state index contributed by atoms with van der Waals surface area (Å²) in [7, 11) is 1.84. The summed E-state index contributed by atoms with van der Waals surface area (Å²) < 4.78 is 0. The summed E-state index contributed by atoms with van der Waals surface area (Å²) in [6.07, 6.45) is 1.33. The van der Waals surface area contributed by atoms with Crippen LogP contribution in [0.25, 0.3) is 0 Å². The highest BCUT2D eigenvalue weighted by Gasteiger charge is 2.12. The van der Waals surface area contributed by atoms with Crippen molar-refractivity contribution in [3.05, 3.63) is 47.8 Å². The highest BCUT2D eigenvalue weighted by atomic mass is 16.4. The predicted molar refractivity (Wildman–Crippen MR) is 68.2 cm³/mol. The topological polar surface area (TPSA) is 66.3 Å². The maximum absolute atomic E-state index is 10.9. The van der Waals surface area contributed by atoms with E-state index in [0.29, 0.717) is 11.6 Å². The van der Waals surface area contributed by atoms with Crippen molar-refractivity contribution < 1.29 is 9.90 Å². The van der Waals surface area contributed by atoms with Crippen molar-refractivity contribution in [1.29, 1.82) is 0 Å². The van der Waals surface area contributed by atoms with Gasteiger partial charge in [-0.15, -0.1) is 0 Å². The summed E-state index contributed by atoms with van der Waals surface area (Å²) in [6.45, 7) is 1.66. The van der Waals surface area contributed by atoms with E-state index in [1.807, 2.05) is 37.4 Å². The van der Waals surface area contributed by atoms with Gasteiger partial charge in [-0.1, -0.05) is 18.2 Å². The average Bonchev–Trinajstić information content (AvgIpc) is 2.38. The van der Waals surface area contributed by atoms with E-state index in [1.54, 1.807) is 11.8 Å². The Morgan fingerprint density at radius 3 is 2.50 bits per heavy atom. The van der Waals surface area contributed by atoms with Gasteiger partial charge in [-0.05, 0) is 19.1 Å². The third-order valence-electron chi connectivity index (χ3n) is 2.64. The summed E-state index contributed by atoms with van der Waals surface area (Å²) >= 11 is 0. The molecule has 2 aromatic rings. The molecule has 92 valence electrons. The number of para-hydroxylation sites is 1. The summed E-state index contributed by atoms with van der Waals surface area (Å²) in [5.41, 5.74) is 1.52. The van der Waals surface area contributed by atoms with Crippen LogP contribution in [0.5, 0.6) is 0 Å². The Morgan fingerprint density at radius 2 is 1.94 bits per heavy atom. The molecule has 0 saturated heterocycles. The molecule has 0 unspecified atom stereocenters. The molecule has 0 fully saturated rings. The Morgan fingerprint density at radius 1 is 1.28 bits per heavy atom. The van der Waals surface area contributed by atoms with E-state index in [4.69, 9.17) is 5.11 Å². The zero-order valence-corrected chi connectivity index (χ0v) is 10.2. The summed E-state index contributed by atoms with van der Waals surface area (Å²) in [5, 5.41) is 8.92. The Labute approximate surface area is 105 Å². The molecule has 0 amide bonds. The minimum atomic E-state index is -1.01. The molecule has 2 rings (SSSR count). The Balaban J connectivity index is 2.35. The number of hydrogen-bond donors (Lipinski definition) is 1. The van der Waals surface area contributed by atoms with Gasteiger partial charge in [-0.25, -0.2) is 14.8 Å². The van der Waals surface area contributed by atoms with Crippen LogP contribution in [0.2, 0.25) is 0 Å². The number of anilines is 2. The van der Waals surface area contributed by atoms with Gasteiger partial charge < -0.3 is 10.0 Å². The van der Waals surface area contributed by atoms with Crippen LogP contribution in [-0.2, 0) is 0 Å². The third kappa shape index (κ3) is 2.29. The normalized spacial score (nSPS) is 10.1. The number of aromatic nitrogens is 2. The summed E-state index contributed by atoms with van der Waals surface area (Å²) in [6, 6.07) is 9.64. The van der Waals surface area contributed by atoms with E-state index in [9.17, 15) is 4.79 Å². The lowest BCUT2D eigenvalue weighted by molar-refractivity contribution is 0.0695. The van der Waals surface area contributed by atoms with Crippen LogP contribution in [-0.4, -0.2) is 28.1 Å². The summed E-state index contributed by atoms with van der Waals surface area (Å²) in [4.78, 5) is 21.0. The van der Waals surface area contributed by atoms with Gasteiger partial charge in [0.05, 0.1) is 11.3 Å². The first kappa shape index (κ1) is 12.0. The lowest BCUT2D eigenvalue weighted by atomic mass is 10.2. The molecule has 0 aliphatic carbocycles. The van der Waals surface area contributed by atoms with Gasteiger partial charge in [0, 0.05) is 18.9 Å². The summed E-state index contributed by atoms with van der Waals surface area (Å²) in [5.74, 6) is -0.537. The first-order valence-electron chi connectivity index (χ1n) is 5.45. The second-order valence-corrected chi connectivity index (χ2v) is 3.87. The number of carbonyl (C=O) groups is 1. The Kier molecular flexibility index (Phi) is 3.23. The molecule has 0 spiro atoms. The van der Waals surface area contributed by atoms with Gasteiger partial charge in [0.15, 0.2) is 0 Å². The van der Waals surface area contributed by atoms with Crippen molar-refractivity contribution in [2.45, 2.75) is 6.92 Å². The smallest absolute Gasteiger partial charge is 0.339 e. The minimum absolute atomic E-state index is 0.125. The molecule has 0 aliphatic rings. The van der Waals surface area contributed by atoms with Crippen LogP contribution in [0.15, 0.2) is 36.5 Å². The molecule has 1 aromatic carbocycles. The Bertz CT molecular complexity index is 570. The largest absolute Gasteiger partial charge is 0.478 e. The van der Waals surface area contributed by atoms with Crippen molar-refractivity contribution in [3.8, 4) is 0 Å². The predicted octanol–water partition coefficient (Wildman–Crippen LogP) is 2.25. The molecule has 1 heterocycles. The second-order valence-electron chi connectivity index (χ2n) is 3.87. The van der Waals surface area contributed by atoms with Crippen molar-refractivity contribution in [3.63, 3.8) is 0 Å². The van der Waals surface area contributed by atoms with Crippen LogP contribution in [0.4, 0.5) is 11.6 Å². The van der Waals surface area contributed by atoms with Crippen LogP contribution < -0.4 is 4.90 Å². The zero-order valence-electron chi connectivity index (χ0n) is 10.2. The molecule has 5 heteroatoms. The maximum Gasteiger partial charge on any atom is 0.339 e. The van der Waals surface area contributed by atoms with Crippen molar-refractivity contribution in [2.24, 2.45) is 0 Å². The number of aryl methyl sites for hydroxylation is 1. The minimum Gasteiger partial charge on any atom is -0.478 e. The van der Waals surface area contributed by atoms with Crippen molar-refractivity contribution in [2.75, 3.05) is 11.9 Å². The molecule has 0 atom stereocenters. The standard InChI is InChI=1S/C13H13N3O2/c1-9-11(12(17)18)8-14-13(15-9)16(2)10-6-4-3-5-7-10/h3-8H,1-2H3,(H,17,18). The van der Waals surface area contributed by atoms with E-state index < -0.39 is 5.97 Å². The van der Waals surface area contributed by atoms with Gasteiger partial charge in [0.25, 0.3) is 0 Å². The average molecular weight is 243 g/mol. The van der Waals surface area contributed by atoms with E-state index in [-0.39, 0.29) is 5.56 Å². The van der Waals surface area contributed by atoms with E-state index >= 15 is 0 Å². The number of benzene rings is 1. The molecule has 1 aromatic heterocycles. The molecule has 1 N–H and O–H groups in total. The van der Waals surface area contributed by atoms with Crippen molar-refractivity contribution >= 4 is 17.6 Å². The quantitative estimate of drug-likeness (QED) is 0.895. The fraction of sp³-hybridized carbons (Fsp3) is 0.154. The molecule has 18 heavy (non-hydrogen) atoms. The third-order valence-corrected chi connectivity index (χ3v) is 2.64. The molecule has 0 bridgehead atoms. The van der Waals surface area contributed by atoms with Gasteiger partial charge >= 0.3 is 5.97 Å². The molecular formula is C13H13N3O2. The van der Waals surface area contributed by atoms with Gasteiger partial charge in [-0.3, -0.25) is 0 Å². The van der Waals surface area contributed by atoms with E-state index in [0.717, 1.165) is 5.69 Å². The Hall–Kier alpha value is -2.43. The van der Waals surface area contributed by atoms with E-state index in [1.165, 1.54) is 6.20 Å². The van der Waals surface area contributed by atoms with Gasteiger partial charge in [0.1, 0.15) is 0 Å². The number of aromatic carboxylic acids is 1. The van der Waals surface area contributed by atoms with Crippen molar-refractivity contribution in [1.82, 2.24) is 9.97 Å². The fourth-order valence-corrected chi connectivity index (χ4v) is 1.59. The fourth-order valence-electron chi connectivity index (χ4n) is 1.59. The van der Waals surface area contributed by atoms with Crippen LogP contribution >= 0.6 is 0 Å². The molecule has 0 aliphatic heterocycles. The highest BCUT2D eigenvalue weighted by molar-refractivity contribution is 5.88. The lowest BCUT2D eigenvalue weighted by Crippen LogP contribution is -2.15. The van der Waals surface area contributed by atoms with E-state index in [2.05, 4.69) is 9.97 Å². The first-order chi connectivity index (χ1) is 8.59. The monoisotopic (exact) mass is 243 g/mol. The maximum atomic E-state index is 10.9. The zero-order chi connectivity index (χ0) is 13.1. The molecule has 0 saturated carbocycles. The number of rotatable bonds is 3. The number of nitrogens with zero attached hydrogens (tertiary/aromatic N) is 3. The first-order valence-corrected chi connectivity index (χ1v) is 5.45. The second kappa shape index (κ2) is 4.83. The number of carboxylic acids is 1. The van der Waals surface area contributed by atoms with Crippen LogP contribution in [0.1, 0.15) is 16.1 Å². The molecule has 0 radical (unpaired) electrons. The van der Waals surface area contributed by atoms with Gasteiger partial charge in [0.2, 0.25) is 5.95 Å². The van der Waals surface area contributed by atoms with Crippen LogP contribution in [0.3, 0.4) is 0 Å². The van der Waals surface area contributed by atoms with Gasteiger partial charge in [-0.2, -0.15) is 0 Å². The lowest BCUT2D eigenvalue weighted by Gasteiger charge is -2.17. The molecule has 5 nitrogen and oxygen atoms in total. The SMILES string of the molecule is Cc1nc(N(C)c2ccccc2)ncc1C(=O)O.